The lowest BCUT2D eigenvalue weighted by atomic mass is 10.2. The molecule has 0 aliphatic rings. The Balaban J connectivity index is 2.02. The van der Waals surface area contributed by atoms with E-state index in [9.17, 15) is 14.4 Å². The molecule has 2 aromatic carbocycles. The zero-order valence-corrected chi connectivity index (χ0v) is 13.8. The van der Waals surface area contributed by atoms with Gasteiger partial charge in [-0.3, -0.25) is 4.79 Å². The number of ether oxygens (including phenoxy) is 2. The second kappa shape index (κ2) is 9.22. The summed E-state index contributed by atoms with van der Waals surface area (Å²) in [7, 11) is 0. The average molecular weight is 341 g/mol. The number of carbonyl (C=O) groups excluding carboxylic acids is 3. The average Bonchev–Trinajstić information content (AvgIpc) is 2.66. The summed E-state index contributed by atoms with van der Waals surface area (Å²) in [6.07, 6.45) is 0. The van der Waals surface area contributed by atoms with Crippen LogP contribution < -0.4 is 5.32 Å². The highest BCUT2D eigenvalue weighted by molar-refractivity contribution is 5.97. The maximum Gasteiger partial charge on any atom is 0.338 e. The molecule has 0 fully saturated rings. The van der Waals surface area contributed by atoms with Gasteiger partial charge in [0.05, 0.1) is 12.2 Å². The molecule has 0 saturated carbocycles. The van der Waals surface area contributed by atoms with Crippen LogP contribution in [0, 0.1) is 0 Å². The largest absolute Gasteiger partial charge is 0.464 e. The van der Waals surface area contributed by atoms with Gasteiger partial charge in [-0.1, -0.05) is 36.4 Å². The van der Waals surface area contributed by atoms with Gasteiger partial charge in [-0.05, 0) is 31.2 Å². The van der Waals surface area contributed by atoms with Gasteiger partial charge >= 0.3 is 11.9 Å². The Hall–Kier alpha value is -3.15. The minimum Gasteiger partial charge on any atom is -0.464 e. The van der Waals surface area contributed by atoms with Crippen molar-refractivity contribution in [3.63, 3.8) is 0 Å². The van der Waals surface area contributed by atoms with E-state index in [1.54, 1.807) is 67.6 Å². The van der Waals surface area contributed by atoms with Crippen LogP contribution in [0.5, 0.6) is 0 Å². The summed E-state index contributed by atoms with van der Waals surface area (Å²) in [6, 6.07) is 15.7. The van der Waals surface area contributed by atoms with Gasteiger partial charge in [0.1, 0.15) is 6.61 Å². The maximum absolute atomic E-state index is 12.2. The second-order valence-electron chi connectivity index (χ2n) is 5.11. The number of nitrogens with one attached hydrogen (secondary N) is 1. The van der Waals surface area contributed by atoms with E-state index in [0.29, 0.717) is 11.1 Å². The van der Waals surface area contributed by atoms with Gasteiger partial charge in [0.25, 0.3) is 5.91 Å². The van der Waals surface area contributed by atoms with Crippen molar-refractivity contribution in [3.8, 4) is 0 Å². The molecular weight excluding hydrogens is 322 g/mol. The van der Waals surface area contributed by atoms with Crippen LogP contribution in [0.2, 0.25) is 0 Å². The van der Waals surface area contributed by atoms with Crippen molar-refractivity contribution in [2.45, 2.75) is 13.0 Å². The van der Waals surface area contributed by atoms with Gasteiger partial charge < -0.3 is 14.8 Å². The Bertz CT molecular complexity index is 715. The minimum absolute atomic E-state index is 0.156. The number of hydrogen-bond acceptors (Lipinski definition) is 5. The lowest BCUT2D eigenvalue weighted by molar-refractivity contribution is -0.146. The van der Waals surface area contributed by atoms with Crippen LogP contribution in [0.1, 0.15) is 27.6 Å². The van der Waals surface area contributed by atoms with E-state index in [-0.39, 0.29) is 13.2 Å². The van der Waals surface area contributed by atoms with Crippen molar-refractivity contribution in [3.05, 3.63) is 71.8 Å². The fourth-order valence-electron chi connectivity index (χ4n) is 2.06. The van der Waals surface area contributed by atoms with Crippen molar-refractivity contribution in [2.24, 2.45) is 0 Å². The zero-order valence-electron chi connectivity index (χ0n) is 13.8. The van der Waals surface area contributed by atoms with E-state index < -0.39 is 23.9 Å². The van der Waals surface area contributed by atoms with Crippen LogP contribution in [-0.2, 0) is 14.3 Å². The van der Waals surface area contributed by atoms with Crippen molar-refractivity contribution in [1.29, 1.82) is 0 Å². The summed E-state index contributed by atoms with van der Waals surface area (Å²) < 4.78 is 10.1. The van der Waals surface area contributed by atoms with E-state index in [1.807, 2.05) is 0 Å². The molecule has 0 saturated heterocycles. The first kappa shape index (κ1) is 18.2. The lowest BCUT2D eigenvalue weighted by Crippen LogP contribution is -2.45. The first-order valence-corrected chi connectivity index (χ1v) is 7.86. The summed E-state index contributed by atoms with van der Waals surface area (Å²) in [5, 5.41) is 2.53. The van der Waals surface area contributed by atoms with Crippen LogP contribution in [0.3, 0.4) is 0 Å². The van der Waals surface area contributed by atoms with Crippen LogP contribution in [-0.4, -0.2) is 37.1 Å². The highest BCUT2D eigenvalue weighted by Gasteiger charge is 2.24. The van der Waals surface area contributed by atoms with Crippen LogP contribution in [0.15, 0.2) is 60.7 Å². The fraction of sp³-hybridized carbons (Fsp3) is 0.211. The van der Waals surface area contributed by atoms with Crippen molar-refractivity contribution < 1.29 is 23.9 Å². The number of esters is 2. The molecule has 6 nitrogen and oxygen atoms in total. The van der Waals surface area contributed by atoms with E-state index in [2.05, 4.69) is 5.32 Å². The number of hydrogen-bond donors (Lipinski definition) is 1. The molecule has 0 heterocycles. The first-order valence-electron chi connectivity index (χ1n) is 7.86. The lowest BCUT2D eigenvalue weighted by Gasteiger charge is -2.17. The standard InChI is InChI=1S/C19H19NO5/c1-2-24-19(23)16(20-17(21)14-9-5-3-6-10-14)13-25-18(22)15-11-7-4-8-12-15/h3-12,16H,2,13H2,1H3,(H,20,21). The molecule has 0 spiro atoms. The zero-order chi connectivity index (χ0) is 18.1. The summed E-state index contributed by atoms with van der Waals surface area (Å²) >= 11 is 0. The van der Waals surface area contributed by atoms with E-state index in [1.165, 1.54) is 0 Å². The quantitative estimate of drug-likeness (QED) is 0.781. The summed E-state index contributed by atoms with van der Waals surface area (Å²) in [4.78, 5) is 36.2. The Kier molecular flexibility index (Phi) is 6.71. The summed E-state index contributed by atoms with van der Waals surface area (Å²) in [6.45, 7) is 1.50. The van der Waals surface area contributed by atoms with Crippen LogP contribution in [0.25, 0.3) is 0 Å². The van der Waals surface area contributed by atoms with E-state index >= 15 is 0 Å². The van der Waals surface area contributed by atoms with Crippen molar-refractivity contribution in [2.75, 3.05) is 13.2 Å². The molecular formula is C19H19NO5. The smallest absolute Gasteiger partial charge is 0.338 e. The fourth-order valence-corrected chi connectivity index (χ4v) is 2.06. The van der Waals surface area contributed by atoms with Crippen molar-refractivity contribution in [1.82, 2.24) is 5.32 Å². The molecule has 130 valence electrons. The highest BCUT2D eigenvalue weighted by atomic mass is 16.6. The van der Waals surface area contributed by atoms with Gasteiger partial charge in [0, 0.05) is 5.56 Å². The Morgan fingerprint density at radius 3 is 2.00 bits per heavy atom. The van der Waals surface area contributed by atoms with Gasteiger partial charge in [-0.25, -0.2) is 9.59 Å². The molecule has 0 bridgehead atoms. The van der Waals surface area contributed by atoms with E-state index in [4.69, 9.17) is 9.47 Å². The Morgan fingerprint density at radius 1 is 0.880 bits per heavy atom. The SMILES string of the molecule is CCOC(=O)C(COC(=O)c1ccccc1)NC(=O)c1ccccc1. The molecule has 6 heteroatoms. The molecule has 2 rings (SSSR count). The molecule has 0 aliphatic heterocycles. The topological polar surface area (TPSA) is 81.7 Å². The molecule has 25 heavy (non-hydrogen) atoms. The molecule has 2 aromatic rings. The van der Waals surface area contributed by atoms with Crippen LogP contribution >= 0.6 is 0 Å². The Labute approximate surface area is 145 Å². The highest BCUT2D eigenvalue weighted by Crippen LogP contribution is 2.04. The summed E-state index contributed by atoms with van der Waals surface area (Å²) in [5.74, 6) is -1.69. The predicted octanol–water partition coefficient (Wildman–Crippen LogP) is 2.21. The minimum atomic E-state index is -1.08. The van der Waals surface area contributed by atoms with Gasteiger partial charge in [-0.15, -0.1) is 0 Å². The molecule has 1 unspecified atom stereocenters. The monoisotopic (exact) mass is 341 g/mol. The third-order valence-electron chi connectivity index (χ3n) is 3.30. The Morgan fingerprint density at radius 2 is 1.44 bits per heavy atom. The normalized spacial score (nSPS) is 11.2. The third kappa shape index (κ3) is 5.46. The van der Waals surface area contributed by atoms with Gasteiger partial charge in [0.15, 0.2) is 6.04 Å². The van der Waals surface area contributed by atoms with Gasteiger partial charge in [0.2, 0.25) is 0 Å². The molecule has 0 aromatic heterocycles. The maximum atomic E-state index is 12.2. The number of amides is 1. The second-order valence-corrected chi connectivity index (χ2v) is 5.11. The molecule has 1 amide bonds. The van der Waals surface area contributed by atoms with Crippen LogP contribution in [0.4, 0.5) is 0 Å². The molecule has 0 radical (unpaired) electrons. The summed E-state index contributed by atoms with van der Waals surface area (Å²) in [5.41, 5.74) is 0.755. The number of benzene rings is 2. The molecule has 0 aliphatic carbocycles. The first-order chi connectivity index (χ1) is 12.1. The van der Waals surface area contributed by atoms with Gasteiger partial charge in [-0.2, -0.15) is 0 Å². The van der Waals surface area contributed by atoms with E-state index in [0.717, 1.165) is 0 Å². The molecule has 1 N–H and O–H groups in total. The third-order valence-corrected chi connectivity index (χ3v) is 3.30. The van der Waals surface area contributed by atoms with Crippen molar-refractivity contribution >= 4 is 17.8 Å². The number of carbonyl (C=O) groups is 3. The predicted molar refractivity (Wildman–Crippen MR) is 91.1 cm³/mol. The number of rotatable bonds is 7. The molecule has 1 atom stereocenters.